The van der Waals surface area contributed by atoms with Crippen LogP contribution in [0.3, 0.4) is 0 Å². The van der Waals surface area contributed by atoms with Crippen LogP contribution in [0, 0.1) is 0 Å². The number of aromatic nitrogens is 2. The van der Waals surface area contributed by atoms with Crippen LogP contribution in [0.25, 0.3) is 0 Å². The van der Waals surface area contributed by atoms with Gasteiger partial charge in [-0.25, -0.2) is 4.98 Å². The second kappa shape index (κ2) is 4.26. The van der Waals surface area contributed by atoms with Crippen molar-refractivity contribution in [2.75, 3.05) is 5.32 Å². The number of imidazole rings is 1. The van der Waals surface area contributed by atoms with Gasteiger partial charge < -0.3 is 10.3 Å². The van der Waals surface area contributed by atoms with Gasteiger partial charge in [0.2, 0.25) is 0 Å². The molecule has 0 fully saturated rings. The van der Waals surface area contributed by atoms with Crippen molar-refractivity contribution in [2.45, 2.75) is 6.54 Å². The van der Waals surface area contributed by atoms with Gasteiger partial charge in [0.05, 0.1) is 18.6 Å². The summed E-state index contributed by atoms with van der Waals surface area (Å²) in [7, 11) is 4.24. The molecular weight excluding hydrogens is 184 g/mol. The van der Waals surface area contributed by atoms with E-state index in [9.17, 15) is 0 Å². The first-order chi connectivity index (χ1) is 7.25. The smallest absolute Gasteiger partial charge is 0.138 e. The Labute approximate surface area is 91.1 Å². The van der Waals surface area contributed by atoms with Gasteiger partial charge in [-0.3, -0.25) is 0 Å². The van der Waals surface area contributed by atoms with Crippen LogP contribution in [0.1, 0.15) is 5.69 Å². The molecule has 0 aliphatic rings. The minimum atomic E-state index is 0.780. The molecule has 74 valence electrons. The summed E-state index contributed by atoms with van der Waals surface area (Å²) in [6, 6.07) is 6.38. The van der Waals surface area contributed by atoms with Crippen LogP contribution < -0.4 is 16.2 Å². The van der Waals surface area contributed by atoms with Gasteiger partial charge in [-0.2, -0.15) is 0 Å². The van der Waals surface area contributed by atoms with Gasteiger partial charge in [-0.15, -0.1) is 0 Å². The molecule has 15 heavy (non-hydrogen) atoms. The molecule has 2 rings (SSSR count). The molecule has 0 aliphatic carbocycles. The van der Waals surface area contributed by atoms with Gasteiger partial charge in [0.1, 0.15) is 15.7 Å². The highest BCUT2D eigenvalue weighted by atomic mass is 14.9. The minimum absolute atomic E-state index is 0.780. The molecule has 0 unspecified atom stereocenters. The summed E-state index contributed by atoms with van der Waals surface area (Å²) < 4.78 is 0. The average Bonchev–Trinajstić information content (AvgIpc) is 2.73. The fourth-order valence-corrected chi connectivity index (χ4v) is 1.43. The molecule has 1 aromatic heterocycles. The summed E-state index contributed by atoms with van der Waals surface area (Å²) >= 11 is 0. The quantitative estimate of drug-likeness (QED) is 0.590. The van der Waals surface area contributed by atoms with Crippen molar-refractivity contribution in [3.63, 3.8) is 0 Å². The number of nitrogens with zero attached hydrogens (tertiary/aromatic N) is 1. The number of benzene rings is 1. The van der Waals surface area contributed by atoms with Crippen LogP contribution >= 0.6 is 0 Å². The molecule has 2 N–H and O–H groups in total. The number of hydrogen-bond donors (Lipinski definition) is 2. The zero-order chi connectivity index (χ0) is 10.7. The molecule has 0 amide bonds. The maximum atomic E-state index is 3.97. The predicted octanol–water partition coefficient (Wildman–Crippen LogP) is -1.46. The number of anilines is 1. The number of nitrogens with one attached hydrogen (secondary N) is 2. The van der Waals surface area contributed by atoms with Crippen molar-refractivity contribution in [1.29, 1.82) is 0 Å². The summed E-state index contributed by atoms with van der Waals surface area (Å²) in [5, 5.41) is 3.34. The zero-order valence-electron chi connectivity index (χ0n) is 9.04. The summed E-state index contributed by atoms with van der Waals surface area (Å²) in [4.78, 5) is 7.03. The van der Waals surface area contributed by atoms with E-state index in [0.717, 1.165) is 17.9 Å². The molecule has 2 aromatic rings. The molecule has 0 saturated carbocycles. The van der Waals surface area contributed by atoms with Crippen molar-refractivity contribution >= 4 is 32.3 Å². The third kappa shape index (κ3) is 2.43. The van der Waals surface area contributed by atoms with Crippen molar-refractivity contribution < 1.29 is 0 Å². The lowest BCUT2D eigenvalue weighted by Gasteiger charge is -2.07. The summed E-state index contributed by atoms with van der Waals surface area (Å²) in [5.41, 5.74) is 4.87. The summed E-state index contributed by atoms with van der Waals surface area (Å²) in [6.07, 6.45) is 3.52. The SMILES string of the molecule is Bc1ccc(NCc2cnc[nH]2)cc1B. The Kier molecular flexibility index (Phi) is 2.81. The molecule has 3 nitrogen and oxygen atoms in total. The lowest BCUT2D eigenvalue weighted by atomic mass is 9.80. The molecule has 0 bridgehead atoms. The van der Waals surface area contributed by atoms with Crippen molar-refractivity contribution in [2.24, 2.45) is 0 Å². The van der Waals surface area contributed by atoms with Gasteiger partial charge in [-0.05, 0) is 12.1 Å². The highest BCUT2D eigenvalue weighted by Crippen LogP contribution is 2.04. The van der Waals surface area contributed by atoms with Crippen LogP contribution in [-0.2, 0) is 6.54 Å². The lowest BCUT2D eigenvalue weighted by Crippen LogP contribution is -2.25. The second-order valence-electron chi connectivity index (χ2n) is 3.73. The Morgan fingerprint density at radius 2 is 2.13 bits per heavy atom. The topological polar surface area (TPSA) is 40.7 Å². The van der Waals surface area contributed by atoms with Gasteiger partial charge in [0.15, 0.2) is 0 Å². The Morgan fingerprint density at radius 1 is 1.27 bits per heavy atom. The third-order valence-electron chi connectivity index (χ3n) is 2.54. The van der Waals surface area contributed by atoms with E-state index in [0.29, 0.717) is 0 Å². The maximum absolute atomic E-state index is 3.97. The van der Waals surface area contributed by atoms with E-state index >= 15 is 0 Å². The maximum Gasteiger partial charge on any atom is 0.138 e. The first kappa shape index (κ1) is 9.90. The predicted molar refractivity (Wildman–Crippen MR) is 68.7 cm³/mol. The lowest BCUT2D eigenvalue weighted by molar-refractivity contribution is 1.07. The van der Waals surface area contributed by atoms with Gasteiger partial charge >= 0.3 is 0 Å². The monoisotopic (exact) mass is 197 g/mol. The van der Waals surface area contributed by atoms with Gasteiger partial charge in [0, 0.05) is 11.9 Å². The number of hydrogen-bond acceptors (Lipinski definition) is 2. The average molecular weight is 197 g/mol. The molecule has 0 spiro atoms. The van der Waals surface area contributed by atoms with E-state index in [-0.39, 0.29) is 0 Å². The summed E-state index contributed by atoms with van der Waals surface area (Å²) in [5.74, 6) is 0. The minimum Gasteiger partial charge on any atom is -0.379 e. The normalized spacial score (nSPS) is 10.1. The Bertz CT molecular complexity index is 440. The van der Waals surface area contributed by atoms with Crippen LogP contribution in [0.4, 0.5) is 5.69 Å². The zero-order valence-corrected chi connectivity index (χ0v) is 9.04. The van der Waals surface area contributed by atoms with E-state index in [1.54, 1.807) is 6.33 Å². The largest absolute Gasteiger partial charge is 0.379 e. The molecule has 0 radical (unpaired) electrons. The standard InChI is InChI=1S/C10H13B2N3/c11-9-2-1-7(3-10(9)12)14-5-8-4-13-6-15-8/h1-4,6,14H,5,11-12H2,(H,13,15). The number of H-pyrrole nitrogens is 1. The molecule has 5 heteroatoms. The van der Waals surface area contributed by atoms with E-state index in [4.69, 9.17) is 0 Å². The van der Waals surface area contributed by atoms with Crippen LogP contribution in [-0.4, -0.2) is 25.7 Å². The van der Waals surface area contributed by atoms with E-state index in [2.05, 4.69) is 49.2 Å². The highest BCUT2D eigenvalue weighted by molar-refractivity contribution is 6.48. The summed E-state index contributed by atoms with van der Waals surface area (Å²) in [6.45, 7) is 0.780. The first-order valence-corrected chi connectivity index (χ1v) is 5.04. The molecule has 1 heterocycles. The van der Waals surface area contributed by atoms with E-state index in [1.165, 1.54) is 10.9 Å². The Balaban J connectivity index is 2.02. The Hall–Kier alpha value is -1.64. The van der Waals surface area contributed by atoms with E-state index in [1.807, 2.05) is 6.20 Å². The van der Waals surface area contributed by atoms with Crippen LogP contribution in [0.15, 0.2) is 30.7 Å². The highest BCUT2D eigenvalue weighted by Gasteiger charge is 1.96. The van der Waals surface area contributed by atoms with E-state index < -0.39 is 0 Å². The second-order valence-corrected chi connectivity index (χ2v) is 3.73. The van der Waals surface area contributed by atoms with Crippen molar-refractivity contribution in [1.82, 2.24) is 9.97 Å². The third-order valence-corrected chi connectivity index (χ3v) is 2.54. The Morgan fingerprint density at radius 3 is 2.80 bits per heavy atom. The van der Waals surface area contributed by atoms with Gasteiger partial charge in [0.25, 0.3) is 0 Å². The fourth-order valence-electron chi connectivity index (χ4n) is 1.43. The molecule has 0 aliphatic heterocycles. The molecule has 0 saturated heterocycles. The number of rotatable bonds is 3. The molecule has 1 aromatic carbocycles. The fraction of sp³-hybridized carbons (Fsp3) is 0.100. The van der Waals surface area contributed by atoms with Crippen LogP contribution in [0.2, 0.25) is 0 Å². The first-order valence-electron chi connectivity index (χ1n) is 5.04. The van der Waals surface area contributed by atoms with Gasteiger partial charge in [-0.1, -0.05) is 17.0 Å². The molecule has 0 atom stereocenters. The van der Waals surface area contributed by atoms with Crippen molar-refractivity contribution in [3.05, 3.63) is 36.4 Å². The van der Waals surface area contributed by atoms with Crippen LogP contribution in [0.5, 0.6) is 0 Å². The molecular formula is C10H13B2N3. The van der Waals surface area contributed by atoms with Crippen molar-refractivity contribution in [3.8, 4) is 0 Å². The number of aromatic amines is 1.